The standard InChI is InChI=1S/C18H16N2O3S3/c1-25-9-7-14(17(22)23)20-16(21)15(26-18(20)24)10-11-6-8-19-13-5-3-2-4-12(11)13/h2-6,8,10,14H,7,9H2,1H3,(H,22,23)/b15-10-. The molecule has 0 spiro atoms. The second-order valence-electron chi connectivity index (χ2n) is 5.60. The lowest BCUT2D eigenvalue weighted by molar-refractivity contribution is -0.145. The summed E-state index contributed by atoms with van der Waals surface area (Å²) in [5.74, 6) is -0.748. The van der Waals surface area contributed by atoms with E-state index in [1.165, 1.54) is 4.90 Å². The van der Waals surface area contributed by atoms with Crippen LogP contribution in [0.1, 0.15) is 12.0 Å². The van der Waals surface area contributed by atoms with Crippen molar-refractivity contribution < 1.29 is 14.7 Å². The van der Waals surface area contributed by atoms with Gasteiger partial charge in [-0.25, -0.2) is 4.79 Å². The molecule has 134 valence electrons. The van der Waals surface area contributed by atoms with Crippen LogP contribution in [0.5, 0.6) is 0 Å². The first-order valence-corrected chi connectivity index (χ1v) is 10.5. The summed E-state index contributed by atoms with van der Waals surface area (Å²) < 4.78 is 0.285. The normalized spacial score (nSPS) is 17.3. The molecule has 1 aliphatic rings. The summed E-state index contributed by atoms with van der Waals surface area (Å²) in [6.07, 6.45) is 5.70. The molecular formula is C18H16N2O3S3. The molecule has 1 N–H and O–H groups in total. The van der Waals surface area contributed by atoms with Crippen LogP contribution in [0.3, 0.4) is 0 Å². The summed E-state index contributed by atoms with van der Waals surface area (Å²) in [6.45, 7) is 0. The predicted molar refractivity (Wildman–Crippen MR) is 111 cm³/mol. The minimum absolute atomic E-state index is 0.285. The van der Waals surface area contributed by atoms with Crippen molar-refractivity contribution in [3.8, 4) is 0 Å². The molecule has 5 nitrogen and oxygen atoms in total. The van der Waals surface area contributed by atoms with E-state index >= 15 is 0 Å². The van der Waals surface area contributed by atoms with Crippen LogP contribution in [0.2, 0.25) is 0 Å². The van der Waals surface area contributed by atoms with Crippen molar-refractivity contribution in [2.45, 2.75) is 12.5 Å². The summed E-state index contributed by atoms with van der Waals surface area (Å²) >= 11 is 7.98. The Bertz CT molecular complexity index is 908. The van der Waals surface area contributed by atoms with Crippen LogP contribution in [-0.2, 0) is 9.59 Å². The number of hydrogen-bond acceptors (Lipinski definition) is 6. The van der Waals surface area contributed by atoms with E-state index in [1.54, 1.807) is 24.0 Å². The van der Waals surface area contributed by atoms with Crippen LogP contribution >= 0.6 is 35.7 Å². The maximum atomic E-state index is 12.8. The van der Waals surface area contributed by atoms with Crippen LogP contribution < -0.4 is 0 Å². The van der Waals surface area contributed by atoms with Crippen molar-refractivity contribution in [2.75, 3.05) is 12.0 Å². The Kier molecular flexibility index (Phi) is 5.95. The van der Waals surface area contributed by atoms with Gasteiger partial charge in [0, 0.05) is 11.6 Å². The van der Waals surface area contributed by atoms with Gasteiger partial charge in [0.1, 0.15) is 10.4 Å². The summed E-state index contributed by atoms with van der Waals surface area (Å²) in [5, 5.41) is 10.4. The van der Waals surface area contributed by atoms with E-state index in [0.717, 1.165) is 28.2 Å². The van der Waals surface area contributed by atoms with Crippen molar-refractivity contribution >= 4 is 68.9 Å². The number of pyridine rings is 1. The van der Waals surface area contributed by atoms with Crippen molar-refractivity contribution in [3.05, 3.63) is 47.0 Å². The summed E-state index contributed by atoms with van der Waals surface area (Å²) in [4.78, 5) is 30.4. The number of thioether (sulfide) groups is 2. The Morgan fingerprint density at radius 3 is 2.92 bits per heavy atom. The SMILES string of the molecule is CSCCC(C(=O)O)N1C(=O)/C(=C/c2ccnc3ccccc23)SC1=S. The highest BCUT2D eigenvalue weighted by atomic mass is 32.2. The van der Waals surface area contributed by atoms with E-state index in [4.69, 9.17) is 12.2 Å². The fraction of sp³-hybridized carbons (Fsp3) is 0.222. The number of carbonyl (C=O) groups is 2. The molecule has 26 heavy (non-hydrogen) atoms. The number of fused-ring (bicyclic) bond motifs is 1. The molecule has 0 aliphatic carbocycles. The molecule has 2 heterocycles. The molecule has 1 aliphatic heterocycles. The van der Waals surface area contributed by atoms with E-state index in [1.807, 2.05) is 36.6 Å². The van der Waals surface area contributed by atoms with Crippen molar-refractivity contribution in [1.82, 2.24) is 9.88 Å². The Morgan fingerprint density at radius 1 is 1.42 bits per heavy atom. The quantitative estimate of drug-likeness (QED) is 0.582. The molecule has 1 fully saturated rings. The van der Waals surface area contributed by atoms with Gasteiger partial charge < -0.3 is 5.11 Å². The highest BCUT2D eigenvalue weighted by Gasteiger charge is 2.40. The molecule has 1 aromatic carbocycles. The Labute approximate surface area is 164 Å². The number of carbonyl (C=O) groups excluding carboxylic acids is 1. The fourth-order valence-electron chi connectivity index (χ4n) is 2.73. The number of carboxylic acid groups (broad SMARTS) is 1. The second kappa shape index (κ2) is 8.20. The van der Waals surface area contributed by atoms with Gasteiger partial charge in [-0.15, -0.1) is 0 Å². The highest BCUT2D eigenvalue weighted by Crippen LogP contribution is 2.35. The number of thiocarbonyl (C=S) groups is 1. The molecule has 0 bridgehead atoms. The van der Waals surface area contributed by atoms with Crippen LogP contribution in [0.15, 0.2) is 41.4 Å². The Balaban J connectivity index is 1.95. The van der Waals surface area contributed by atoms with Gasteiger partial charge in [-0.2, -0.15) is 11.8 Å². The van der Waals surface area contributed by atoms with E-state index in [2.05, 4.69) is 4.98 Å². The average Bonchev–Trinajstić information content (AvgIpc) is 2.90. The minimum atomic E-state index is -1.04. The first-order chi connectivity index (χ1) is 12.5. The molecule has 1 amide bonds. The zero-order chi connectivity index (χ0) is 18.7. The number of amides is 1. The van der Waals surface area contributed by atoms with Gasteiger partial charge in [-0.3, -0.25) is 14.7 Å². The van der Waals surface area contributed by atoms with E-state index < -0.39 is 12.0 Å². The molecule has 1 unspecified atom stereocenters. The smallest absolute Gasteiger partial charge is 0.326 e. The molecule has 2 aromatic rings. The molecule has 8 heteroatoms. The van der Waals surface area contributed by atoms with Gasteiger partial charge in [0.2, 0.25) is 0 Å². The molecular weight excluding hydrogens is 388 g/mol. The third kappa shape index (κ3) is 3.77. The highest BCUT2D eigenvalue weighted by molar-refractivity contribution is 8.26. The summed E-state index contributed by atoms with van der Waals surface area (Å²) in [7, 11) is 0. The number of nitrogens with zero attached hydrogens (tertiary/aromatic N) is 2. The maximum Gasteiger partial charge on any atom is 0.326 e. The minimum Gasteiger partial charge on any atom is -0.480 e. The average molecular weight is 405 g/mol. The lowest BCUT2D eigenvalue weighted by Crippen LogP contribution is -2.44. The van der Waals surface area contributed by atoms with Crippen molar-refractivity contribution in [2.24, 2.45) is 0 Å². The molecule has 0 radical (unpaired) electrons. The van der Waals surface area contributed by atoms with E-state index in [9.17, 15) is 14.7 Å². The predicted octanol–water partition coefficient (Wildman–Crippen LogP) is 3.64. The Morgan fingerprint density at radius 2 is 2.19 bits per heavy atom. The Hall–Kier alpha value is -1.90. The fourth-order valence-corrected chi connectivity index (χ4v) is 4.53. The molecule has 1 atom stereocenters. The van der Waals surface area contributed by atoms with Crippen LogP contribution in [0.4, 0.5) is 0 Å². The summed E-state index contributed by atoms with van der Waals surface area (Å²) in [6, 6.07) is 8.55. The second-order valence-corrected chi connectivity index (χ2v) is 8.27. The number of benzene rings is 1. The summed E-state index contributed by atoms with van der Waals surface area (Å²) in [5.41, 5.74) is 1.69. The largest absolute Gasteiger partial charge is 0.480 e. The number of aliphatic carboxylic acids is 1. The van der Waals surface area contributed by atoms with Gasteiger partial charge in [0.05, 0.1) is 10.4 Å². The topological polar surface area (TPSA) is 70.5 Å². The lowest BCUT2D eigenvalue weighted by atomic mass is 10.1. The van der Waals surface area contributed by atoms with Crippen molar-refractivity contribution in [1.29, 1.82) is 0 Å². The molecule has 3 rings (SSSR count). The maximum absolute atomic E-state index is 12.8. The van der Waals surface area contributed by atoms with Gasteiger partial charge in [0.15, 0.2) is 0 Å². The number of carboxylic acids is 1. The molecule has 1 saturated heterocycles. The van der Waals surface area contributed by atoms with Gasteiger partial charge in [0.25, 0.3) is 5.91 Å². The van der Waals surface area contributed by atoms with Gasteiger partial charge in [-0.05, 0) is 42.2 Å². The van der Waals surface area contributed by atoms with Crippen LogP contribution in [-0.4, -0.2) is 49.2 Å². The lowest BCUT2D eigenvalue weighted by Gasteiger charge is -2.22. The number of para-hydroxylation sites is 1. The molecule has 1 aromatic heterocycles. The monoisotopic (exact) mass is 404 g/mol. The van der Waals surface area contributed by atoms with Crippen LogP contribution in [0.25, 0.3) is 17.0 Å². The van der Waals surface area contributed by atoms with Gasteiger partial charge >= 0.3 is 5.97 Å². The number of hydrogen-bond donors (Lipinski definition) is 1. The van der Waals surface area contributed by atoms with Gasteiger partial charge in [-0.1, -0.05) is 42.2 Å². The number of rotatable bonds is 6. The van der Waals surface area contributed by atoms with E-state index in [-0.39, 0.29) is 10.2 Å². The zero-order valence-electron chi connectivity index (χ0n) is 13.9. The zero-order valence-corrected chi connectivity index (χ0v) is 16.4. The van der Waals surface area contributed by atoms with Crippen LogP contribution in [0, 0.1) is 0 Å². The molecule has 0 saturated carbocycles. The first kappa shape index (κ1) is 18.9. The van der Waals surface area contributed by atoms with E-state index in [0.29, 0.717) is 17.1 Å². The third-order valence-electron chi connectivity index (χ3n) is 3.99. The van der Waals surface area contributed by atoms with Crippen molar-refractivity contribution in [3.63, 3.8) is 0 Å². The third-order valence-corrected chi connectivity index (χ3v) is 5.96. The number of aromatic nitrogens is 1. The first-order valence-electron chi connectivity index (χ1n) is 7.85.